The quantitative estimate of drug-likeness (QED) is 0.710. The van der Waals surface area contributed by atoms with Gasteiger partial charge in [-0.05, 0) is 32.0 Å². The van der Waals surface area contributed by atoms with Crippen LogP contribution in [0.1, 0.15) is 13.8 Å². The van der Waals surface area contributed by atoms with E-state index in [-0.39, 0.29) is 11.7 Å². The minimum atomic E-state index is -4.25. The molecule has 0 aromatic heterocycles. The van der Waals surface area contributed by atoms with E-state index < -0.39 is 26.8 Å². The Kier molecular flexibility index (Phi) is 4.12. The Morgan fingerprint density at radius 1 is 1.39 bits per heavy atom. The fourth-order valence-corrected chi connectivity index (χ4v) is 2.18. The molecule has 1 rings (SSSR count). The Labute approximate surface area is 104 Å². The summed E-state index contributed by atoms with van der Waals surface area (Å²) in [4.78, 5) is 10.6. The molecular weight excluding hydrogens is 261 g/mol. The molecule has 0 saturated carbocycles. The Morgan fingerprint density at radius 2 is 2.00 bits per heavy atom. The maximum absolute atomic E-state index is 13.4. The highest BCUT2D eigenvalue weighted by Gasteiger charge is 2.21. The molecular formula is C10H14FN3O3S. The number of nitrogen functional groups attached to an aromatic ring is 1. The van der Waals surface area contributed by atoms with Crippen molar-refractivity contribution in [2.24, 2.45) is 0 Å². The first-order chi connectivity index (χ1) is 8.22. The number of anilines is 1. The second-order valence-corrected chi connectivity index (χ2v) is 5.57. The SMILES string of the molecule is CC(C)NC(=O)NS(=O)(=O)c1ccc(N)cc1F. The topological polar surface area (TPSA) is 101 Å². The Bertz CT molecular complexity index is 557. The minimum Gasteiger partial charge on any atom is -0.399 e. The number of benzene rings is 1. The third-order valence-corrected chi connectivity index (χ3v) is 3.26. The van der Waals surface area contributed by atoms with Gasteiger partial charge in [0.15, 0.2) is 0 Å². The van der Waals surface area contributed by atoms with Gasteiger partial charge in [-0.15, -0.1) is 0 Å². The van der Waals surface area contributed by atoms with E-state index in [4.69, 9.17) is 5.73 Å². The van der Waals surface area contributed by atoms with Crippen LogP contribution in [0.25, 0.3) is 0 Å². The number of carbonyl (C=O) groups excluding carboxylic acids is 1. The van der Waals surface area contributed by atoms with Crippen LogP contribution in [0.5, 0.6) is 0 Å². The average Bonchev–Trinajstić information content (AvgIpc) is 2.13. The van der Waals surface area contributed by atoms with Gasteiger partial charge >= 0.3 is 6.03 Å². The van der Waals surface area contributed by atoms with E-state index in [0.29, 0.717) is 0 Å². The van der Waals surface area contributed by atoms with Gasteiger partial charge in [0, 0.05) is 11.7 Å². The van der Waals surface area contributed by atoms with Crippen molar-refractivity contribution in [3.8, 4) is 0 Å². The first-order valence-electron chi connectivity index (χ1n) is 5.10. The van der Waals surface area contributed by atoms with Crippen molar-refractivity contribution >= 4 is 21.7 Å². The summed E-state index contributed by atoms with van der Waals surface area (Å²) in [5, 5.41) is 2.32. The molecule has 8 heteroatoms. The molecule has 0 unspecified atom stereocenters. The lowest BCUT2D eigenvalue weighted by Crippen LogP contribution is -2.42. The first kappa shape index (κ1) is 14.2. The Morgan fingerprint density at radius 3 is 2.50 bits per heavy atom. The zero-order valence-corrected chi connectivity index (χ0v) is 10.7. The van der Waals surface area contributed by atoms with E-state index >= 15 is 0 Å². The highest BCUT2D eigenvalue weighted by Crippen LogP contribution is 2.16. The van der Waals surface area contributed by atoms with Gasteiger partial charge in [-0.1, -0.05) is 0 Å². The molecule has 0 fully saturated rings. The highest BCUT2D eigenvalue weighted by atomic mass is 32.2. The summed E-state index contributed by atoms with van der Waals surface area (Å²) in [6.45, 7) is 3.33. The van der Waals surface area contributed by atoms with Crippen molar-refractivity contribution in [3.63, 3.8) is 0 Å². The van der Waals surface area contributed by atoms with Crippen LogP contribution in [0.15, 0.2) is 23.1 Å². The monoisotopic (exact) mass is 275 g/mol. The van der Waals surface area contributed by atoms with E-state index in [1.807, 2.05) is 0 Å². The molecule has 2 amide bonds. The highest BCUT2D eigenvalue weighted by molar-refractivity contribution is 7.90. The number of urea groups is 1. The van der Waals surface area contributed by atoms with E-state index in [0.717, 1.165) is 12.1 Å². The lowest BCUT2D eigenvalue weighted by molar-refractivity contribution is 0.243. The number of nitrogens with one attached hydrogen (secondary N) is 2. The molecule has 0 aliphatic carbocycles. The van der Waals surface area contributed by atoms with Crippen molar-refractivity contribution in [2.75, 3.05) is 5.73 Å². The van der Waals surface area contributed by atoms with Gasteiger partial charge in [0.1, 0.15) is 10.7 Å². The fourth-order valence-electron chi connectivity index (χ4n) is 1.20. The smallest absolute Gasteiger partial charge is 0.328 e. The number of rotatable bonds is 3. The van der Waals surface area contributed by atoms with Gasteiger partial charge < -0.3 is 11.1 Å². The van der Waals surface area contributed by atoms with Gasteiger partial charge in [0.2, 0.25) is 0 Å². The van der Waals surface area contributed by atoms with E-state index in [2.05, 4.69) is 5.32 Å². The second-order valence-electron chi connectivity index (χ2n) is 3.92. The standard InChI is InChI=1S/C10H14FN3O3S/c1-6(2)13-10(15)14-18(16,17)9-4-3-7(12)5-8(9)11/h3-6H,12H2,1-2H3,(H2,13,14,15). The van der Waals surface area contributed by atoms with Crippen LogP contribution in [-0.2, 0) is 10.0 Å². The summed E-state index contributed by atoms with van der Waals surface area (Å²) in [6.07, 6.45) is 0. The molecule has 6 nitrogen and oxygen atoms in total. The molecule has 1 aromatic rings. The van der Waals surface area contributed by atoms with Gasteiger partial charge in [-0.2, -0.15) is 0 Å². The summed E-state index contributed by atoms with van der Waals surface area (Å²) in [6, 6.07) is 1.94. The maximum atomic E-state index is 13.4. The number of amides is 2. The molecule has 0 heterocycles. The third kappa shape index (κ3) is 3.59. The van der Waals surface area contributed by atoms with Gasteiger partial charge in [0.25, 0.3) is 10.0 Å². The number of hydrogen-bond acceptors (Lipinski definition) is 4. The summed E-state index contributed by atoms with van der Waals surface area (Å²) in [5.41, 5.74) is 5.40. The third-order valence-electron chi connectivity index (χ3n) is 1.89. The molecule has 18 heavy (non-hydrogen) atoms. The molecule has 0 bridgehead atoms. The van der Waals surface area contributed by atoms with Crippen molar-refractivity contribution in [1.29, 1.82) is 0 Å². The molecule has 0 radical (unpaired) electrons. The number of nitrogens with two attached hydrogens (primary N) is 1. The van der Waals surface area contributed by atoms with Crippen LogP contribution in [0, 0.1) is 5.82 Å². The molecule has 0 saturated heterocycles. The Hall–Kier alpha value is -1.83. The Balaban J connectivity index is 2.97. The van der Waals surface area contributed by atoms with Gasteiger partial charge in [-0.3, -0.25) is 0 Å². The lowest BCUT2D eigenvalue weighted by atomic mass is 10.3. The van der Waals surface area contributed by atoms with Crippen molar-refractivity contribution < 1.29 is 17.6 Å². The number of sulfonamides is 1. The molecule has 100 valence electrons. The van der Waals surface area contributed by atoms with E-state index in [9.17, 15) is 17.6 Å². The summed E-state index contributed by atoms with van der Waals surface area (Å²) in [7, 11) is -4.25. The minimum absolute atomic E-state index is 0.0954. The summed E-state index contributed by atoms with van der Waals surface area (Å²) < 4.78 is 38.5. The maximum Gasteiger partial charge on any atom is 0.328 e. The van der Waals surface area contributed by atoms with Crippen molar-refractivity contribution in [3.05, 3.63) is 24.0 Å². The van der Waals surface area contributed by atoms with Crippen LogP contribution in [0.3, 0.4) is 0 Å². The van der Waals surface area contributed by atoms with Crippen LogP contribution >= 0.6 is 0 Å². The van der Waals surface area contributed by atoms with E-state index in [1.165, 1.54) is 6.07 Å². The second kappa shape index (κ2) is 5.21. The van der Waals surface area contributed by atoms with Crippen molar-refractivity contribution in [1.82, 2.24) is 10.0 Å². The van der Waals surface area contributed by atoms with Crippen LogP contribution in [0.2, 0.25) is 0 Å². The van der Waals surface area contributed by atoms with Crippen LogP contribution < -0.4 is 15.8 Å². The normalized spacial score (nSPS) is 11.3. The van der Waals surface area contributed by atoms with Gasteiger partial charge in [-0.25, -0.2) is 22.3 Å². The molecule has 0 atom stereocenters. The first-order valence-corrected chi connectivity index (χ1v) is 6.59. The van der Waals surface area contributed by atoms with Crippen molar-refractivity contribution in [2.45, 2.75) is 24.8 Å². The zero-order valence-electron chi connectivity index (χ0n) is 9.90. The number of hydrogen-bond donors (Lipinski definition) is 3. The predicted molar refractivity (Wildman–Crippen MR) is 64.8 cm³/mol. The molecule has 1 aromatic carbocycles. The number of halogens is 1. The predicted octanol–water partition coefficient (Wildman–Crippen LogP) is 0.804. The fraction of sp³-hybridized carbons (Fsp3) is 0.300. The van der Waals surface area contributed by atoms with Gasteiger partial charge in [0.05, 0.1) is 0 Å². The van der Waals surface area contributed by atoms with Crippen LogP contribution in [-0.4, -0.2) is 20.5 Å². The number of carbonyl (C=O) groups is 1. The largest absolute Gasteiger partial charge is 0.399 e. The average molecular weight is 275 g/mol. The summed E-state index contributed by atoms with van der Waals surface area (Å²) >= 11 is 0. The molecule has 0 aliphatic heterocycles. The molecule has 4 N–H and O–H groups in total. The van der Waals surface area contributed by atoms with E-state index in [1.54, 1.807) is 18.6 Å². The van der Waals surface area contributed by atoms with Crippen LogP contribution in [0.4, 0.5) is 14.9 Å². The molecule has 0 aliphatic rings. The summed E-state index contributed by atoms with van der Waals surface area (Å²) in [5.74, 6) is -1.01. The zero-order chi connectivity index (χ0) is 13.9. The lowest BCUT2D eigenvalue weighted by Gasteiger charge is -2.11. The molecule has 0 spiro atoms.